The van der Waals surface area contributed by atoms with Gasteiger partial charge in [-0.2, -0.15) is 0 Å². The van der Waals surface area contributed by atoms with E-state index < -0.39 is 0 Å². The van der Waals surface area contributed by atoms with Crippen molar-refractivity contribution >= 4 is 11.6 Å². The second-order valence-electron chi connectivity index (χ2n) is 0.686. The van der Waals surface area contributed by atoms with E-state index in [1.54, 1.807) is 11.6 Å². The summed E-state index contributed by atoms with van der Waals surface area (Å²) in [5.74, 6) is 0.424. The molecule has 0 heterocycles. The zero-order chi connectivity index (χ0) is 4.83. The Balaban J connectivity index is 2.73. The second kappa shape index (κ2) is 4.79. The summed E-state index contributed by atoms with van der Waals surface area (Å²) in [7, 11) is 0. The average molecular weight is 108 g/mol. The van der Waals surface area contributed by atoms with Crippen LogP contribution in [0.15, 0.2) is 12.3 Å². The SMILES string of the molecule is ONC=CCCl. The summed E-state index contributed by atoms with van der Waals surface area (Å²) < 4.78 is 0. The van der Waals surface area contributed by atoms with Crippen LogP contribution in [0.5, 0.6) is 0 Å². The molecule has 3 heteroatoms. The minimum Gasteiger partial charge on any atom is -0.292 e. The van der Waals surface area contributed by atoms with Crippen molar-refractivity contribution < 1.29 is 5.21 Å². The Hall–Kier alpha value is -0.210. The Kier molecular flexibility index (Phi) is 4.62. The molecule has 0 aromatic heterocycles. The van der Waals surface area contributed by atoms with Crippen LogP contribution in [-0.2, 0) is 0 Å². The zero-order valence-corrected chi connectivity index (χ0v) is 3.94. The van der Waals surface area contributed by atoms with E-state index in [-0.39, 0.29) is 0 Å². The average Bonchev–Trinajstić information content (AvgIpc) is 1.61. The zero-order valence-electron chi connectivity index (χ0n) is 3.19. The molecule has 0 unspecified atom stereocenters. The third kappa shape index (κ3) is 3.79. The molecule has 0 bridgehead atoms. The Morgan fingerprint density at radius 3 is 2.67 bits per heavy atom. The van der Waals surface area contributed by atoms with Crippen LogP contribution >= 0.6 is 11.6 Å². The van der Waals surface area contributed by atoms with Crippen molar-refractivity contribution in [2.45, 2.75) is 0 Å². The molecule has 6 heavy (non-hydrogen) atoms. The molecule has 0 aliphatic carbocycles. The van der Waals surface area contributed by atoms with Gasteiger partial charge in [0.2, 0.25) is 0 Å². The van der Waals surface area contributed by atoms with Crippen molar-refractivity contribution in [2.75, 3.05) is 5.88 Å². The van der Waals surface area contributed by atoms with Crippen molar-refractivity contribution in [3.63, 3.8) is 0 Å². The molecule has 0 aliphatic heterocycles. The van der Waals surface area contributed by atoms with Crippen molar-refractivity contribution in [2.24, 2.45) is 0 Å². The van der Waals surface area contributed by atoms with Gasteiger partial charge in [-0.3, -0.25) is 10.7 Å². The fourth-order valence-electron chi connectivity index (χ4n) is 0.0972. The highest BCUT2D eigenvalue weighted by molar-refractivity contribution is 6.18. The van der Waals surface area contributed by atoms with E-state index >= 15 is 0 Å². The van der Waals surface area contributed by atoms with Crippen molar-refractivity contribution in [3.8, 4) is 0 Å². The molecule has 2 nitrogen and oxygen atoms in total. The molecule has 36 valence electrons. The molecule has 0 atom stereocenters. The molecular weight excluding hydrogens is 101 g/mol. The van der Waals surface area contributed by atoms with Crippen molar-refractivity contribution in [1.82, 2.24) is 5.48 Å². The number of halogens is 1. The molecule has 0 aromatic carbocycles. The first-order chi connectivity index (χ1) is 2.91. The minimum absolute atomic E-state index is 0.424. The van der Waals surface area contributed by atoms with Gasteiger partial charge in [0.25, 0.3) is 0 Å². The molecule has 0 aromatic rings. The standard InChI is InChI=1S/C3H6ClNO/c4-2-1-3-5-6/h1,3,5-6H,2H2. The highest BCUT2D eigenvalue weighted by Crippen LogP contribution is 1.71. The quantitative estimate of drug-likeness (QED) is 0.403. The van der Waals surface area contributed by atoms with Crippen LogP contribution < -0.4 is 5.48 Å². The van der Waals surface area contributed by atoms with Crippen LogP contribution in [0.3, 0.4) is 0 Å². The van der Waals surface area contributed by atoms with Gasteiger partial charge in [-0.05, 0) is 0 Å². The first-order valence-electron chi connectivity index (χ1n) is 1.52. The fourth-order valence-corrected chi connectivity index (χ4v) is 0.186. The molecule has 2 N–H and O–H groups in total. The molecule has 0 radical (unpaired) electrons. The topological polar surface area (TPSA) is 32.3 Å². The Morgan fingerprint density at radius 1 is 1.83 bits per heavy atom. The second-order valence-corrected chi connectivity index (χ2v) is 0.994. The lowest BCUT2D eigenvalue weighted by atomic mass is 10.7. The van der Waals surface area contributed by atoms with Gasteiger partial charge in [0, 0.05) is 12.1 Å². The van der Waals surface area contributed by atoms with Crippen LogP contribution in [0.4, 0.5) is 0 Å². The Labute approximate surface area is 41.4 Å². The van der Waals surface area contributed by atoms with E-state index in [0.717, 1.165) is 0 Å². The first kappa shape index (κ1) is 5.79. The number of hydrogen-bond donors (Lipinski definition) is 2. The lowest BCUT2D eigenvalue weighted by Gasteiger charge is -1.77. The maximum Gasteiger partial charge on any atom is 0.0421 e. The van der Waals surface area contributed by atoms with Crippen LogP contribution in [-0.4, -0.2) is 11.1 Å². The van der Waals surface area contributed by atoms with E-state index in [0.29, 0.717) is 5.88 Å². The molecule has 0 saturated carbocycles. The van der Waals surface area contributed by atoms with Gasteiger partial charge in [0.15, 0.2) is 0 Å². The lowest BCUT2D eigenvalue weighted by Crippen LogP contribution is -1.92. The third-order valence-electron chi connectivity index (χ3n) is 0.281. The monoisotopic (exact) mass is 107 g/mol. The molecule has 0 spiro atoms. The Bertz CT molecular complexity index is 40.1. The van der Waals surface area contributed by atoms with Crippen molar-refractivity contribution in [1.29, 1.82) is 0 Å². The van der Waals surface area contributed by atoms with E-state index in [4.69, 9.17) is 16.8 Å². The number of hydroxylamine groups is 1. The largest absolute Gasteiger partial charge is 0.292 e. The van der Waals surface area contributed by atoms with Gasteiger partial charge in [0.05, 0.1) is 0 Å². The summed E-state index contributed by atoms with van der Waals surface area (Å²) in [6, 6.07) is 0. The molecule has 0 rings (SSSR count). The maximum atomic E-state index is 7.80. The van der Waals surface area contributed by atoms with Gasteiger partial charge in [0.1, 0.15) is 0 Å². The minimum atomic E-state index is 0.424. The number of alkyl halides is 1. The van der Waals surface area contributed by atoms with E-state index in [9.17, 15) is 0 Å². The predicted octanol–water partition coefficient (Wildman–Crippen LogP) is 0.718. The molecular formula is C3H6ClNO. The van der Waals surface area contributed by atoms with Crippen LogP contribution in [0, 0.1) is 0 Å². The predicted molar refractivity (Wildman–Crippen MR) is 24.8 cm³/mol. The molecule has 0 amide bonds. The van der Waals surface area contributed by atoms with Gasteiger partial charge in [-0.15, -0.1) is 11.6 Å². The smallest absolute Gasteiger partial charge is 0.0421 e. The lowest BCUT2D eigenvalue weighted by molar-refractivity contribution is 0.214. The summed E-state index contributed by atoms with van der Waals surface area (Å²) in [6.07, 6.45) is 2.94. The van der Waals surface area contributed by atoms with Gasteiger partial charge in [-0.1, -0.05) is 6.08 Å². The molecule has 0 fully saturated rings. The highest BCUT2D eigenvalue weighted by Gasteiger charge is 1.59. The van der Waals surface area contributed by atoms with E-state index in [1.807, 2.05) is 0 Å². The summed E-state index contributed by atoms with van der Waals surface area (Å²) in [5.41, 5.74) is 1.80. The summed E-state index contributed by atoms with van der Waals surface area (Å²) >= 11 is 5.14. The number of nitrogens with one attached hydrogen (secondary N) is 1. The van der Waals surface area contributed by atoms with Gasteiger partial charge >= 0.3 is 0 Å². The van der Waals surface area contributed by atoms with Gasteiger partial charge in [-0.25, -0.2) is 0 Å². The third-order valence-corrected chi connectivity index (χ3v) is 0.460. The summed E-state index contributed by atoms with van der Waals surface area (Å²) in [5, 5.41) is 7.80. The van der Waals surface area contributed by atoms with Crippen LogP contribution in [0.25, 0.3) is 0 Å². The highest BCUT2D eigenvalue weighted by atomic mass is 35.5. The summed E-state index contributed by atoms with van der Waals surface area (Å²) in [4.78, 5) is 0. The Morgan fingerprint density at radius 2 is 2.50 bits per heavy atom. The maximum absolute atomic E-state index is 7.80. The summed E-state index contributed by atoms with van der Waals surface area (Å²) in [6.45, 7) is 0. The molecule has 0 saturated heterocycles. The van der Waals surface area contributed by atoms with Gasteiger partial charge < -0.3 is 0 Å². The van der Waals surface area contributed by atoms with Crippen LogP contribution in [0.2, 0.25) is 0 Å². The number of hydrogen-bond acceptors (Lipinski definition) is 2. The normalized spacial score (nSPS) is 9.67. The van der Waals surface area contributed by atoms with E-state index in [2.05, 4.69) is 0 Å². The van der Waals surface area contributed by atoms with E-state index in [1.165, 1.54) is 6.20 Å². The van der Waals surface area contributed by atoms with Crippen LogP contribution in [0.1, 0.15) is 0 Å². The number of allylic oxidation sites excluding steroid dienone is 1. The van der Waals surface area contributed by atoms with Crippen molar-refractivity contribution in [3.05, 3.63) is 12.3 Å². The molecule has 0 aliphatic rings. The fraction of sp³-hybridized carbons (Fsp3) is 0.333. The number of rotatable bonds is 2. The first-order valence-corrected chi connectivity index (χ1v) is 2.06.